The van der Waals surface area contributed by atoms with E-state index in [0.29, 0.717) is 5.92 Å². The Labute approximate surface area is 130 Å². The highest BCUT2D eigenvalue weighted by molar-refractivity contribution is 7.05. The van der Waals surface area contributed by atoms with Gasteiger partial charge >= 0.3 is 0 Å². The van der Waals surface area contributed by atoms with Crippen LogP contribution in [0.5, 0.6) is 0 Å². The maximum atomic E-state index is 4.42. The zero-order valence-corrected chi connectivity index (χ0v) is 14.0. The van der Waals surface area contributed by atoms with E-state index in [1.54, 1.807) is 6.33 Å². The van der Waals surface area contributed by atoms with E-state index in [-0.39, 0.29) is 6.04 Å². The molecule has 0 radical (unpaired) electrons. The summed E-state index contributed by atoms with van der Waals surface area (Å²) in [7, 11) is 1.98. The monoisotopic (exact) mass is 308 g/mol. The Bertz CT molecular complexity index is 547. The van der Waals surface area contributed by atoms with Crippen LogP contribution in [-0.2, 0) is 19.4 Å². The van der Waals surface area contributed by atoms with Crippen LogP contribution < -0.4 is 5.32 Å². The maximum Gasteiger partial charge on any atom is 0.138 e. The molecule has 0 amide bonds. The molecule has 0 aliphatic carbocycles. The molecule has 116 valence electrons. The van der Waals surface area contributed by atoms with Gasteiger partial charge in [0.15, 0.2) is 0 Å². The summed E-state index contributed by atoms with van der Waals surface area (Å²) in [5.41, 5.74) is 1.11. The number of hydrogen-bond donors (Lipinski definition) is 1. The van der Waals surface area contributed by atoms with Gasteiger partial charge in [-0.3, -0.25) is 0 Å². The van der Waals surface area contributed by atoms with Crippen molar-refractivity contribution in [3.8, 4) is 0 Å². The summed E-state index contributed by atoms with van der Waals surface area (Å²) in [6.45, 7) is 7.44. The molecule has 0 aliphatic heterocycles. The lowest BCUT2D eigenvalue weighted by atomic mass is 10.1. The molecule has 1 N–H and O–H groups in total. The summed E-state index contributed by atoms with van der Waals surface area (Å²) < 4.78 is 6.12. The molecule has 2 aromatic rings. The van der Waals surface area contributed by atoms with Crippen LogP contribution in [0, 0.1) is 5.92 Å². The van der Waals surface area contributed by atoms with Gasteiger partial charge in [-0.25, -0.2) is 9.67 Å². The van der Waals surface area contributed by atoms with E-state index in [4.69, 9.17) is 0 Å². The van der Waals surface area contributed by atoms with Gasteiger partial charge in [0.05, 0.1) is 16.6 Å². The molecule has 0 fully saturated rings. The molecule has 2 rings (SSSR count). The third kappa shape index (κ3) is 4.07. The van der Waals surface area contributed by atoms with Crippen LogP contribution >= 0.6 is 11.5 Å². The molecule has 0 aromatic carbocycles. The number of aromatic nitrogens is 5. The number of nitrogens with zero attached hydrogens (tertiary/aromatic N) is 5. The second-order valence-electron chi connectivity index (χ2n) is 5.63. The second-order valence-corrected chi connectivity index (χ2v) is 6.42. The Morgan fingerprint density at radius 2 is 2.19 bits per heavy atom. The number of likely N-dealkylation sites (N-methyl/N-ethyl adjacent to an activating group) is 1. The number of hydrogen-bond acceptors (Lipinski definition) is 6. The van der Waals surface area contributed by atoms with Gasteiger partial charge in [0, 0.05) is 13.0 Å². The summed E-state index contributed by atoms with van der Waals surface area (Å²) in [5, 5.41) is 12.0. The normalized spacial score (nSPS) is 13.0. The van der Waals surface area contributed by atoms with Crippen LogP contribution in [0.3, 0.4) is 0 Å². The predicted molar refractivity (Wildman–Crippen MR) is 84.3 cm³/mol. The van der Waals surface area contributed by atoms with Gasteiger partial charge < -0.3 is 5.32 Å². The molecule has 1 atom stereocenters. The van der Waals surface area contributed by atoms with E-state index in [1.807, 2.05) is 11.7 Å². The fourth-order valence-electron chi connectivity index (χ4n) is 2.34. The summed E-state index contributed by atoms with van der Waals surface area (Å²) >= 11 is 1.48. The minimum Gasteiger partial charge on any atom is -0.312 e. The van der Waals surface area contributed by atoms with Crippen LogP contribution in [0.2, 0.25) is 0 Å². The molecule has 6 nitrogen and oxygen atoms in total. The molecule has 7 heteroatoms. The predicted octanol–water partition coefficient (Wildman–Crippen LogP) is 2.24. The first-order valence-electron chi connectivity index (χ1n) is 7.50. The smallest absolute Gasteiger partial charge is 0.138 e. The van der Waals surface area contributed by atoms with Crippen LogP contribution in [0.25, 0.3) is 0 Å². The van der Waals surface area contributed by atoms with E-state index >= 15 is 0 Å². The van der Waals surface area contributed by atoms with Crippen molar-refractivity contribution in [3.05, 3.63) is 22.7 Å². The van der Waals surface area contributed by atoms with Gasteiger partial charge in [0.1, 0.15) is 12.2 Å². The lowest BCUT2D eigenvalue weighted by Gasteiger charge is -2.16. The molecular weight excluding hydrogens is 284 g/mol. The molecular formula is C14H24N6S. The highest BCUT2D eigenvalue weighted by atomic mass is 32.1. The minimum atomic E-state index is 0.196. The fraction of sp³-hybridized carbons (Fsp3) is 0.714. The highest BCUT2D eigenvalue weighted by Crippen LogP contribution is 2.24. The lowest BCUT2D eigenvalue weighted by molar-refractivity contribution is 0.452. The van der Waals surface area contributed by atoms with Crippen molar-refractivity contribution in [1.82, 2.24) is 29.7 Å². The molecule has 1 unspecified atom stereocenters. The highest BCUT2D eigenvalue weighted by Gasteiger charge is 2.20. The summed E-state index contributed by atoms with van der Waals surface area (Å²) in [5.74, 6) is 1.57. The van der Waals surface area contributed by atoms with E-state index < -0.39 is 0 Å². The maximum absolute atomic E-state index is 4.42. The topological polar surface area (TPSA) is 68.5 Å². The molecule has 0 spiro atoms. The average molecular weight is 308 g/mol. The standard InChI is InChI=1S/C14H24N6S/c1-5-6-11-14(21-19-18-11)12(15-4)7-13-16-9-17-20(13)8-10(2)3/h9-10,12,15H,5-8H2,1-4H3. The Morgan fingerprint density at radius 3 is 2.86 bits per heavy atom. The van der Waals surface area contributed by atoms with Crippen molar-refractivity contribution in [1.29, 1.82) is 0 Å². The van der Waals surface area contributed by atoms with Crippen molar-refractivity contribution in [3.63, 3.8) is 0 Å². The first-order chi connectivity index (χ1) is 10.2. The largest absolute Gasteiger partial charge is 0.312 e. The van der Waals surface area contributed by atoms with Gasteiger partial charge in [0.2, 0.25) is 0 Å². The van der Waals surface area contributed by atoms with Crippen LogP contribution in [-0.4, -0.2) is 31.4 Å². The molecule has 2 aromatic heterocycles. The fourth-order valence-corrected chi connectivity index (χ4v) is 3.15. The Kier molecular flexibility index (Phi) is 5.81. The third-order valence-electron chi connectivity index (χ3n) is 3.36. The first-order valence-corrected chi connectivity index (χ1v) is 8.28. The molecule has 0 aliphatic rings. The molecule has 0 saturated heterocycles. The average Bonchev–Trinajstić information content (AvgIpc) is 3.06. The Morgan fingerprint density at radius 1 is 1.38 bits per heavy atom. The van der Waals surface area contributed by atoms with Gasteiger partial charge in [-0.15, -0.1) is 5.10 Å². The van der Waals surface area contributed by atoms with E-state index in [1.165, 1.54) is 16.4 Å². The molecule has 0 saturated carbocycles. The van der Waals surface area contributed by atoms with E-state index in [0.717, 1.165) is 37.3 Å². The van der Waals surface area contributed by atoms with Crippen LogP contribution in [0.15, 0.2) is 6.33 Å². The van der Waals surface area contributed by atoms with Crippen molar-refractivity contribution in [2.75, 3.05) is 7.05 Å². The zero-order chi connectivity index (χ0) is 15.2. The van der Waals surface area contributed by atoms with Gasteiger partial charge in [-0.2, -0.15) is 5.10 Å². The zero-order valence-electron chi connectivity index (χ0n) is 13.2. The number of nitrogens with one attached hydrogen (secondary N) is 1. The third-order valence-corrected chi connectivity index (χ3v) is 4.24. The summed E-state index contributed by atoms with van der Waals surface area (Å²) in [4.78, 5) is 5.64. The quantitative estimate of drug-likeness (QED) is 0.810. The SMILES string of the molecule is CCCc1nnsc1C(Cc1ncnn1CC(C)C)NC. The van der Waals surface area contributed by atoms with Crippen molar-refractivity contribution >= 4 is 11.5 Å². The number of aryl methyl sites for hydroxylation is 1. The molecule has 21 heavy (non-hydrogen) atoms. The van der Waals surface area contributed by atoms with Gasteiger partial charge in [0.25, 0.3) is 0 Å². The van der Waals surface area contributed by atoms with Crippen molar-refractivity contribution < 1.29 is 0 Å². The van der Waals surface area contributed by atoms with Gasteiger partial charge in [-0.1, -0.05) is 31.7 Å². The lowest BCUT2D eigenvalue weighted by Crippen LogP contribution is -2.22. The van der Waals surface area contributed by atoms with Crippen LogP contribution in [0.1, 0.15) is 49.6 Å². The Balaban J connectivity index is 2.15. The van der Waals surface area contributed by atoms with Crippen LogP contribution in [0.4, 0.5) is 0 Å². The van der Waals surface area contributed by atoms with Crippen molar-refractivity contribution in [2.24, 2.45) is 5.92 Å². The number of rotatable bonds is 8. The Hall–Kier alpha value is -1.34. The summed E-state index contributed by atoms with van der Waals surface area (Å²) in [6.07, 6.45) is 4.51. The van der Waals surface area contributed by atoms with Crippen molar-refractivity contribution in [2.45, 2.75) is 52.6 Å². The second kappa shape index (κ2) is 7.61. The first kappa shape index (κ1) is 16.0. The molecule has 2 heterocycles. The molecule has 0 bridgehead atoms. The van der Waals surface area contributed by atoms with E-state index in [2.05, 4.69) is 45.8 Å². The van der Waals surface area contributed by atoms with E-state index in [9.17, 15) is 0 Å². The van der Waals surface area contributed by atoms with Gasteiger partial charge in [-0.05, 0) is 30.9 Å². The minimum absolute atomic E-state index is 0.196. The summed E-state index contributed by atoms with van der Waals surface area (Å²) in [6, 6.07) is 0.196.